The van der Waals surface area contributed by atoms with Crippen molar-refractivity contribution in [2.24, 2.45) is 0 Å². The van der Waals surface area contributed by atoms with E-state index in [1.807, 2.05) is 0 Å². The van der Waals surface area contributed by atoms with Gasteiger partial charge in [0.25, 0.3) is 0 Å². The van der Waals surface area contributed by atoms with Gasteiger partial charge < -0.3 is 9.15 Å². The van der Waals surface area contributed by atoms with Crippen molar-refractivity contribution in [3.8, 4) is 5.75 Å². The summed E-state index contributed by atoms with van der Waals surface area (Å²) in [5.74, 6) is 0.0577. The van der Waals surface area contributed by atoms with E-state index in [-0.39, 0.29) is 16.7 Å². The van der Waals surface area contributed by atoms with Crippen LogP contribution >= 0.6 is 0 Å². The topological polar surface area (TPSA) is 39.4 Å². The first-order valence-electron chi connectivity index (χ1n) is 4.61. The van der Waals surface area contributed by atoms with Crippen LogP contribution in [0.25, 0.3) is 11.0 Å². The van der Waals surface area contributed by atoms with Crippen LogP contribution in [0.1, 0.15) is 5.56 Å². The van der Waals surface area contributed by atoms with E-state index in [1.54, 1.807) is 0 Å². The molecule has 1 heterocycles. The molecule has 0 amide bonds. The van der Waals surface area contributed by atoms with Gasteiger partial charge in [-0.05, 0) is 12.1 Å². The van der Waals surface area contributed by atoms with E-state index in [0.717, 1.165) is 0 Å². The quantitative estimate of drug-likeness (QED) is 0.774. The first kappa shape index (κ1) is 11.5. The number of halogens is 3. The lowest BCUT2D eigenvalue weighted by Crippen LogP contribution is -2.19. The van der Waals surface area contributed by atoms with Gasteiger partial charge in [0.2, 0.25) is 5.43 Å². The number of hydrogen-bond acceptors (Lipinski definition) is 3. The highest BCUT2D eigenvalue weighted by Gasteiger charge is 2.35. The zero-order valence-corrected chi connectivity index (χ0v) is 8.67. The second-order valence-corrected chi connectivity index (χ2v) is 3.31. The molecule has 1 aromatic carbocycles. The van der Waals surface area contributed by atoms with Crippen LogP contribution in [0.4, 0.5) is 13.2 Å². The molecule has 2 aromatic rings. The molecule has 0 atom stereocenters. The molecule has 0 radical (unpaired) electrons. The maximum atomic E-state index is 12.5. The third kappa shape index (κ3) is 1.86. The summed E-state index contributed by atoms with van der Waals surface area (Å²) in [5, 5.41) is -0.204. The van der Waals surface area contributed by atoms with Crippen molar-refractivity contribution in [2.75, 3.05) is 7.11 Å². The summed E-state index contributed by atoms with van der Waals surface area (Å²) in [6, 6.07) is 4.33. The van der Waals surface area contributed by atoms with Crippen molar-refractivity contribution in [3.63, 3.8) is 0 Å². The van der Waals surface area contributed by atoms with Crippen molar-refractivity contribution in [1.82, 2.24) is 0 Å². The molecular weight excluding hydrogens is 237 g/mol. The Morgan fingerprint density at radius 2 is 2.00 bits per heavy atom. The molecule has 0 N–H and O–H groups in total. The van der Waals surface area contributed by atoms with E-state index in [0.29, 0.717) is 6.26 Å². The number of hydrogen-bond donors (Lipinski definition) is 0. The maximum absolute atomic E-state index is 12.5. The van der Waals surface area contributed by atoms with E-state index in [4.69, 9.17) is 9.15 Å². The Kier molecular flexibility index (Phi) is 2.57. The fourth-order valence-electron chi connectivity index (χ4n) is 1.51. The smallest absolute Gasteiger partial charge is 0.423 e. The molecule has 0 aliphatic carbocycles. The van der Waals surface area contributed by atoms with Gasteiger partial charge in [0, 0.05) is 0 Å². The Morgan fingerprint density at radius 1 is 1.29 bits per heavy atom. The molecule has 6 heteroatoms. The lowest BCUT2D eigenvalue weighted by atomic mass is 10.1. The molecule has 0 spiro atoms. The lowest BCUT2D eigenvalue weighted by molar-refractivity contribution is -0.139. The van der Waals surface area contributed by atoms with Crippen LogP contribution < -0.4 is 10.2 Å². The van der Waals surface area contributed by atoms with E-state index in [2.05, 4.69) is 0 Å². The number of methoxy groups -OCH3 is 1. The first-order chi connectivity index (χ1) is 7.95. The average Bonchev–Trinajstić information content (AvgIpc) is 2.27. The van der Waals surface area contributed by atoms with E-state index in [1.165, 1.54) is 25.3 Å². The molecule has 17 heavy (non-hydrogen) atoms. The number of rotatable bonds is 1. The van der Waals surface area contributed by atoms with Crippen molar-refractivity contribution in [2.45, 2.75) is 6.18 Å². The molecule has 0 saturated heterocycles. The molecule has 0 fully saturated rings. The van der Waals surface area contributed by atoms with Crippen molar-refractivity contribution in [1.29, 1.82) is 0 Å². The van der Waals surface area contributed by atoms with Crippen molar-refractivity contribution >= 4 is 11.0 Å². The molecule has 0 aliphatic rings. The van der Waals surface area contributed by atoms with Crippen LogP contribution in [-0.4, -0.2) is 7.11 Å². The fraction of sp³-hybridized carbons (Fsp3) is 0.182. The maximum Gasteiger partial charge on any atom is 0.423 e. The molecule has 0 unspecified atom stereocenters. The van der Waals surface area contributed by atoms with Gasteiger partial charge in [0.05, 0.1) is 7.11 Å². The first-order valence-corrected chi connectivity index (χ1v) is 4.61. The van der Waals surface area contributed by atoms with Crippen LogP contribution in [0, 0.1) is 0 Å². The van der Waals surface area contributed by atoms with Gasteiger partial charge in [0.1, 0.15) is 28.5 Å². The standard InChI is InChI=1S/C11H7F3O3/c1-16-7-3-2-4-8-9(7)10(15)6(5-17-8)11(12,13)14/h2-5H,1H3. The molecule has 1 aromatic heterocycles. The predicted octanol–water partition coefficient (Wildman–Crippen LogP) is 2.82. The Hall–Kier alpha value is -1.98. The van der Waals surface area contributed by atoms with Gasteiger partial charge in [-0.1, -0.05) is 6.07 Å². The Bertz CT molecular complexity index is 613. The third-order valence-corrected chi connectivity index (χ3v) is 2.29. The molecule has 0 saturated carbocycles. The van der Waals surface area contributed by atoms with Gasteiger partial charge in [-0.15, -0.1) is 0 Å². The van der Waals surface area contributed by atoms with E-state index in [9.17, 15) is 18.0 Å². The highest BCUT2D eigenvalue weighted by atomic mass is 19.4. The number of alkyl halides is 3. The summed E-state index contributed by atoms with van der Waals surface area (Å²) < 4.78 is 47.2. The fourth-order valence-corrected chi connectivity index (χ4v) is 1.51. The summed E-state index contributed by atoms with van der Waals surface area (Å²) in [7, 11) is 1.27. The summed E-state index contributed by atoms with van der Waals surface area (Å²) in [4.78, 5) is 11.7. The summed E-state index contributed by atoms with van der Waals surface area (Å²) in [6.07, 6.45) is -4.32. The molecule has 2 rings (SSSR count). The molecule has 0 bridgehead atoms. The second kappa shape index (κ2) is 3.80. The van der Waals surface area contributed by atoms with Crippen LogP contribution in [0.5, 0.6) is 5.75 Å². The summed E-state index contributed by atoms with van der Waals surface area (Å²) in [6.45, 7) is 0. The minimum absolute atomic E-state index is 0.0577. The zero-order valence-electron chi connectivity index (χ0n) is 8.67. The molecule has 3 nitrogen and oxygen atoms in total. The van der Waals surface area contributed by atoms with Gasteiger partial charge >= 0.3 is 6.18 Å². The number of benzene rings is 1. The van der Waals surface area contributed by atoms with E-state index >= 15 is 0 Å². The lowest BCUT2D eigenvalue weighted by Gasteiger charge is -2.08. The van der Waals surface area contributed by atoms with Crippen molar-refractivity contribution in [3.05, 3.63) is 40.2 Å². The van der Waals surface area contributed by atoms with E-state index < -0.39 is 17.2 Å². The Labute approximate surface area is 93.4 Å². The SMILES string of the molecule is COc1cccc2occ(C(F)(F)F)c(=O)c12. The third-order valence-electron chi connectivity index (χ3n) is 2.29. The second-order valence-electron chi connectivity index (χ2n) is 3.31. The van der Waals surface area contributed by atoms with Gasteiger partial charge in [-0.2, -0.15) is 13.2 Å². The summed E-state index contributed by atoms with van der Waals surface area (Å²) in [5.41, 5.74) is -2.42. The van der Waals surface area contributed by atoms with Crippen LogP contribution in [0.15, 0.2) is 33.7 Å². The number of ether oxygens (including phenoxy) is 1. The predicted molar refractivity (Wildman–Crippen MR) is 54.0 cm³/mol. The zero-order chi connectivity index (χ0) is 12.6. The molecule has 0 aliphatic heterocycles. The number of fused-ring (bicyclic) bond motifs is 1. The Balaban J connectivity index is 2.88. The molecule has 90 valence electrons. The summed E-state index contributed by atoms with van der Waals surface area (Å²) >= 11 is 0. The highest BCUT2D eigenvalue weighted by Crippen LogP contribution is 2.30. The van der Waals surface area contributed by atoms with Crippen molar-refractivity contribution < 1.29 is 22.3 Å². The largest absolute Gasteiger partial charge is 0.496 e. The average molecular weight is 244 g/mol. The Morgan fingerprint density at radius 3 is 2.59 bits per heavy atom. The normalized spacial score (nSPS) is 11.8. The van der Waals surface area contributed by atoms with Gasteiger partial charge in [-0.25, -0.2) is 0 Å². The van der Waals surface area contributed by atoms with Crippen LogP contribution in [0.3, 0.4) is 0 Å². The van der Waals surface area contributed by atoms with Gasteiger partial charge in [-0.3, -0.25) is 4.79 Å². The highest BCUT2D eigenvalue weighted by molar-refractivity contribution is 5.83. The van der Waals surface area contributed by atoms with Crippen LogP contribution in [0.2, 0.25) is 0 Å². The minimum Gasteiger partial charge on any atom is -0.496 e. The van der Waals surface area contributed by atoms with Crippen LogP contribution in [-0.2, 0) is 6.18 Å². The minimum atomic E-state index is -4.74. The van der Waals surface area contributed by atoms with Gasteiger partial charge in [0.15, 0.2) is 0 Å². The monoisotopic (exact) mass is 244 g/mol. The molecular formula is C11H7F3O3.